The fourth-order valence-corrected chi connectivity index (χ4v) is 1.78. The topological polar surface area (TPSA) is 54.0 Å². The highest BCUT2D eigenvalue weighted by Gasteiger charge is 2.05. The van der Waals surface area contributed by atoms with Crippen molar-refractivity contribution in [3.63, 3.8) is 0 Å². The van der Waals surface area contributed by atoms with Crippen LogP contribution in [0.5, 0.6) is 0 Å². The zero-order valence-electron chi connectivity index (χ0n) is 10.8. The molecule has 0 atom stereocenters. The van der Waals surface area contributed by atoms with E-state index >= 15 is 0 Å². The van der Waals surface area contributed by atoms with Crippen LogP contribution in [0.4, 0.5) is 11.4 Å². The molecule has 4 nitrogen and oxygen atoms in total. The van der Waals surface area contributed by atoms with Gasteiger partial charge >= 0.3 is 0 Å². The maximum absolute atomic E-state index is 11.7. The number of hydrogen-bond acceptors (Lipinski definition) is 3. The highest BCUT2D eigenvalue weighted by molar-refractivity contribution is 6.30. The molecule has 2 rings (SSSR count). The zero-order valence-corrected chi connectivity index (χ0v) is 11.5. The van der Waals surface area contributed by atoms with Gasteiger partial charge in [-0.05, 0) is 30.3 Å². The summed E-state index contributed by atoms with van der Waals surface area (Å²) in [6.45, 7) is 3.96. The van der Waals surface area contributed by atoms with E-state index in [4.69, 9.17) is 11.6 Å². The number of aromatic nitrogens is 1. The van der Waals surface area contributed by atoms with Gasteiger partial charge in [-0.25, -0.2) is 4.98 Å². The average Bonchev–Trinajstić information content (AvgIpc) is 2.45. The first-order chi connectivity index (χ1) is 9.69. The van der Waals surface area contributed by atoms with Crippen molar-refractivity contribution in [1.82, 2.24) is 10.3 Å². The maximum Gasteiger partial charge on any atom is 0.270 e. The van der Waals surface area contributed by atoms with Crippen molar-refractivity contribution in [2.75, 3.05) is 11.9 Å². The fraction of sp³-hybridized carbons (Fsp3) is 0.0667. The lowest BCUT2D eigenvalue weighted by Gasteiger charge is -2.07. The van der Waals surface area contributed by atoms with Crippen molar-refractivity contribution in [2.45, 2.75) is 0 Å². The average molecular weight is 288 g/mol. The van der Waals surface area contributed by atoms with E-state index in [1.54, 1.807) is 30.5 Å². The Balaban J connectivity index is 2.04. The number of hydrogen-bond donors (Lipinski definition) is 2. The van der Waals surface area contributed by atoms with Crippen molar-refractivity contribution >= 4 is 28.9 Å². The molecule has 2 N–H and O–H groups in total. The molecule has 1 aromatic heterocycles. The number of carbonyl (C=O) groups excluding carboxylic acids is 1. The summed E-state index contributed by atoms with van der Waals surface area (Å²) in [7, 11) is 0. The van der Waals surface area contributed by atoms with Gasteiger partial charge in [-0.3, -0.25) is 4.79 Å². The van der Waals surface area contributed by atoms with E-state index < -0.39 is 0 Å². The highest BCUT2D eigenvalue weighted by Crippen LogP contribution is 2.19. The van der Waals surface area contributed by atoms with Crippen LogP contribution in [0, 0.1) is 0 Å². The van der Waals surface area contributed by atoms with Crippen LogP contribution in [0.1, 0.15) is 10.5 Å². The molecule has 0 fully saturated rings. The van der Waals surface area contributed by atoms with Crippen molar-refractivity contribution in [1.29, 1.82) is 0 Å². The molecule has 0 aliphatic rings. The van der Waals surface area contributed by atoms with Crippen LogP contribution in [0.25, 0.3) is 0 Å². The molecule has 0 spiro atoms. The predicted octanol–water partition coefficient (Wildman–Crippen LogP) is 3.39. The monoisotopic (exact) mass is 287 g/mol. The molecule has 0 saturated heterocycles. The molecular formula is C15H14ClN3O. The summed E-state index contributed by atoms with van der Waals surface area (Å²) in [5.41, 5.74) is 2.01. The molecule has 1 amide bonds. The molecule has 0 bridgehead atoms. The third kappa shape index (κ3) is 3.83. The van der Waals surface area contributed by atoms with Gasteiger partial charge in [0.05, 0.1) is 11.9 Å². The smallest absolute Gasteiger partial charge is 0.270 e. The van der Waals surface area contributed by atoms with Crippen LogP contribution in [0.3, 0.4) is 0 Å². The Bertz CT molecular complexity index is 611. The summed E-state index contributed by atoms with van der Waals surface area (Å²) in [5.74, 6) is -0.223. The van der Waals surface area contributed by atoms with Gasteiger partial charge in [0.15, 0.2) is 0 Å². The number of anilines is 2. The molecule has 1 heterocycles. The number of benzene rings is 1. The van der Waals surface area contributed by atoms with E-state index in [1.807, 2.05) is 18.2 Å². The van der Waals surface area contributed by atoms with E-state index in [-0.39, 0.29) is 5.91 Å². The lowest BCUT2D eigenvalue weighted by atomic mass is 10.3. The maximum atomic E-state index is 11.7. The van der Waals surface area contributed by atoms with Crippen molar-refractivity contribution in [2.24, 2.45) is 0 Å². The second-order valence-corrected chi connectivity index (χ2v) is 4.50. The van der Waals surface area contributed by atoms with Gasteiger partial charge in [0.25, 0.3) is 5.91 Å². The molecule has 0 aliphatic carbocycles. The Morgan fingerprint density at radius 3 is 2.80 bits per heavy atom. The molecule has 102 valence electrons. The van der Waals surface area contributed by atoms with Crippen molar-refractivity contribution in [3.8, 4) is 0 Å². The molecular weight excluding hydrogens is 274 g/mol. The molecule has 0 radical (unpaired) electrons. The Labute approximate surface area is 122 Å². The van der Waals surface area contributed by atoms with Gasteiger partial charge in [-0.2, -0.15) is 0 Å². The predicted molar refractivity (Wildman–Crippen MR) is 81.5 cm³/mol. The van der Waals surface area contributed by atoms with E-state index in [2.05, 4.69) is 22.2 Å². The summed E-state index contributed by atoms with van der Waals surface area (Å²) in [6, 6.07) is 10.8. The first kappa shape index (κ1) is 14.1. The number of rotatable bonds is 5. The van der Waals surface area contributed by atoms with Gasteiger partial charge in [0.2, 0.25) is 0 Å². The standard InChI is InChI=1S/C15H14ClN3O/c1-2-8-17-15(20)14-7-6-13(10-18-14)19-12-5-3-4-11(16)9-12/h2-7,9-10,19H,1,8H2,(H,17,20). The van der Waals surface area contributed by atoms with E-state index in [9.17, 15) is 4.79 Å². The number of nitrogens with zero attached hydrogens (tertiary/aromatic N) is 1. The summed E-state index contributed by atoms with van der Waals surface area (Å²) in [6.07, 6.45) is 3.22. The zero-order chi connectivity index (χ0) is 14.4. The summed E-state index contributed by atoms with van der Waals surface area (Å²) in [4.78, 5) is 15.8. The van der Waals surface area contributed by atoms with Gasteiger partial charge in [-0.15, -0.1) is 6.58 Å². The van der Waals surface area contributed by atoms with Gasteiger partial charge < -0.3 is 10.6 Å². The SMILES string of the molecule is C=CCNC(=O)c1ccc(Nc2cccc(Cl)c2)cn1. The largest absolute Gasteiger partial charge is 0.354 e. The van der Waals surface area contributed by atoms with E-state index in [0.29, 0.717) is 17.3 Å². The fourth-order valence-electron chi connectivity index (χ4n) is 1.59. The minimum atomic E-state index is -0.223. The van der Waals surface area contributed by atoms with Crippen LogP contribution in [-0.4, -0.2) is 17.4 Å². The Kier molecular flexibility index (Phi) is 4.74. The van der Waals surface area contributed by atoms with Crippen LogP contribution >= 0.6 is 11.6 Å². The number of amides is 1. The third-order valence-corrected chi connectivity index (χ3v) is 2.75. The molecule has 1 aromatic carbocycles. The summed E-state index contributed by atoms with van der Waals surface area (Å²) in [5, 5.41) is 6.48. The normalized spacial score (nSPS) is 9.85. The Morgan fingerprint density at radius 2 is 2.15 bits per heavy atom. The minimum Gasteiger partial charge on any atom is -0.354 e. The highest BCUT2D eigenvalue weighted by atomic mass is 35.5. The van der Waals surface area contributed by atoms with Crippen molar-refractivity contribution in [3.05, 3.63) is 66.0 Å². The molecule has 0 saturated carbocycles. The summed E-state index contributed by atoms with van der Waals surface area (Å²) >= 11 is 5.91. The minimum absolute atomic E-state index is 0.223. The first-order valence-corrected chi connectivity index (χ1v) is 6.44. The molecule has 0 aliphatic heterocycles. The van der Waals surface area contributed by atoms with E-state index in [0.717, 1.165) is 11.4 Å². The van der Waals surface area contributed by atoms with Crippen LogP contribution in [0.15, 0.2) is 55.3 Å². The Morgan fingerprint density at radius 1 is 1.30 bits per heavy atom. The molecule has 5 heteroatoms. The number of pyridine rings is 1. The Hall–Kier alpha value is -2.33. The van der Waals surface area contributed by atoms with Gasteiger partial charge in [0.1, 0.15) is 5.69 Å². The van der Waals surface area contributed by atoms with Crippen LogP contribution in [0.2, 0.25) is 5.02 Å². The second-order valence-electron chi connectivity index (χ2n) is 4.07. The summed E-state index contributed by atoms with van der Waals surface area (Å²) < 4.78 is 0. The lowest BCUT2D eigenvalue weighted by molar-refractivity contribution is 0.0953. The second kappa shape index (κ2) is 6.73. The van der Waals surface area contributed by atoms with Crippen LogP contribution in [-0.2, 0) is 0 Å². The number of nitrogens with one attached hydrogen (secondary N) is 2. The van der Waals surface area contributed by atoms with Gasteiger partial charge in [-0.1, -0.05) is 23.7 Å². The van der Waals surface area contributed by atoms with Crippen molar-refractivity contribution < 1.29 is 4.79 Å². The van der Waals surface area contributed by atoms with E-state index in [1.165, 1.54) is 0 Å². The molecule has 0 unspecified atom stereocenters. The lowest BCUT2D eigenvalue weighted by Crippen LogP contribution is -2.24. The van der Waals surface area contributed by atoms with Gasteiger partial charge in [0, 0.05) is 17.3 Å². The first-order valence-electron chi connectivity index (χ1n) is 6.07. The number of halogens is 1. The molecule has 2 aromatic rings. The third-order valence-electron chi connectivity index (χ3n) is 2.52. The molecule has 20 heavy (non-hydrogen) atoms. The quantitative estimate of drug-likeness (QED) is 0.829. The van der Waals surface area contributed by atoms with Crippen LogP contribution < -0.4 is 10.6 Å². The number of carbonyl (C=O) groups is 1.